The molecule has 2 atom stereocenters. The zero-order chi connectivity index (χ0) is 11.1. The molecule has 0 amide bonds. The number of hydrogen-bond acceptors (Lipinski definition) is 6. The van der Waals surface area contributed by atoms with Crippen LogP contribution in [0.4, 0.5) is 0 Å². The van der Waals surface area contributed by atoms with E-state index < -0.39 is 22.8 Å². The van der Waals surface area contributed by atoms with Crippen LogP contribution in [0.1, 0.15) is 13.3 Å². The third-order valence-electron chi connectivity index (χ3n) is 1.12. The number of ether oxygens (including phenoxy) is 1. The van der Waals surface area contributed by atoms with Crippen LogP contribution >= 0.6 is 11.8 Å². The van der Waals surface area contributed by atoms with Crippen molar-refractivity contribution in [3.63, 3.8) is 0 Å². The van der Waals surface area contributed by atoms with Gasteiger partial charge in [-0.2, -0.15) is 0 Å². The molecule has 0 spiro atoms. The lowest BCUT2D eigenvalue weighted by atomic mass is 10.5. The third kappa shape index (κ3) is 5.05. The minimum Gasteiger partial charge on any atom is -0.479 e. The number of carboxylic acids is 1. The largest absolute Gasteiger partial charge is 0.479 e. The van der Waals surface area contributed by atoms with Crippen LogP contribution in [0.5, 0.6) is 0 Å². The van der Waals surface area contributed by atoms with Crippen LogP contribution in [0.15, 0.2) is 0 Å². The molecule has 6 nitrogen and oxygen atoms in total. The number of rotatable bonds is 6. The maximum absolute atomic E-state index is 10.9. The van der Waals surface area contributed by atoms with Gasteiger partial charge in [0, 0.05) is 0 Å². The molecule has 2 unspecified atom stereocenters. The molecule has 0 aromatic carbocycles. The van der Waals surface area contributed by atoms with Crippen molar-refractivity contribution in [2.24, 2.45) is 0 Å². The van der Waals surface area contributed by atoms with Gasteiger partial charge in [-0.15, -0.1) is 0 Å². The van der Waals surface area contributed by atoms with Crippen LogP contribution in [-0.2, 0) is 14.3 Å². The van der Waals surface area contributed by atoms with Gasteiger partial charge in [-0.05, 0) is 6.42 Å². The molecule has 0 aliphatic carbocycles. The second-order valence-corrected chi connectivity index (χ2v) is 3.51. The lowest BCUT2D eigenvalue weighted by molar-refractivity contribution is -0.148. The number of carboxylic acid groups (broad SMARTS) is 1. The molecule has 0 radical (unpaired) electrons. The Morgan fingerprint density at radius 3 is 2.36 bits per heavy atom. The van der Waals surface area contributed by atoms with Gasteiger partial charge >= 0.3 is 11.9 Å². The van der Waals surface area contributed by atoms with Gasteiger partial charge in [0.2, 0.25) is 10.9 Å². The number of esters is 1. The van der Waals surface area contributed by atoms with Crippen molar-refractivity contribution in [1.29, 1.82) is 0 Å². The smallest absolute Gasteiger partial charge is 0.345 e. The number of hydrogen-bond donors (Lipinski definition) is 3. The number of aliphatic hydroxyl groups is 2. The number of aliphatic carboxylic acids is 1. The van der Waals surface area contributed by atoms with Crippen molar-refractivity contribution >= 4 is 23.7 Å². The second-order valence-electron chi connectivity index (χ2n) is 2.35. The summed E-state index contributed by atoms with van der Waals surface area (Å²) in [6, 6.07) is 0. The Morgan fingerprint density at radius 1 is 1.36 bits per heavy atom. The summed E-state index contributed by atoms with van der Waals surface area (Å²) in [6.45, 7) is 1.93. The molecular weight excluding hydrogens is 212 g/mol. The zero-order valence-electron chi connectivity index (χ0n) is 7.54. The molecule has 0 aromatic rings. The van der Waals surface area contributed by atoms with Crippen LogP contribution in [0.3, 0.4) is 0 Å². The van der Waals surface area contributed by atoms with E-state index in [-0.39, 0.29) is 18.4 Å². The van der Waals surface area contributed by atoms with Crippen LogP contribution in [0.2, 0.25) is 0 Å². The summed E-state index contributed by atoms with van der Waals surface area (Å²) in [4.78, 5) is 21.0. The summed E-state index contributed by atoms with van der Waals surface area (Å²) in [5.41, 5.74) is -3.51. The molecule has 0 saturated carbocycles. The Labute approximate surface area is 84.9 Å². The molecule has 0 rings (SSSR count). The summed E-state index contributed by atoms with van der Waals surface area (Å²) in [5.74, 6) is -2.46. The standard InChI is InChI=1S/C7H12O6S/c1-2-3-13-5(10)7(12)14-6(11)4(8)9/h6-7,11-12H,2-3H2,1H3,(H,8,9). The number of aliphatic hydroxyl groups excluding tert-OH is 2. The Balaban J connectivity index is 3.88. The molecule has 0 saturated heterocycles. The maximum Gasteiger partial charge on any atom is 0.345 e. The van der Waals surface area contributed by atoms with Crippen molar-refractivity contribution in [1.82, 2.24) is 0 Å². The van der Waals surface area contributed by atoms with E-state index in [1.54, 1.807) is 6.92 Å². The van der Waals surface area contributed by atoms with E-state index in [0.717, 1.165) is 0 Å². The highest BCUT2D eigenvalue weighted by Crippen LogP contribution is 2.15. The van der Waals surface area contributed by atoms with Gasteiger partial charge in [-0.3, -0.25) is 0 Å². The van der Waals surface area contributed by atoms with Crippen LogP contribution in [0.25, 0.3) is 0 Å². The first-order chi connectivity index (χ1) is 6.49. The highest BCUT2D eigenvalue weighted by molar-refractivity contribution is 8.01. The third-order valence-corrected chi connectivity index (χ3v) is 2.03. The fraction of sp³-hybridized carbons (Fsp3) is 0.714. The van der Waals surface area contributed by atoms with Crippen molar-refractivity contribution in [3.8, 4) is 0 Å². The molecule has 0 fully saturated rings. The van der Waals surface area contributed by atoms with Crippen molar-refractivity contribution in [3.05, 3.63) is 0 Å². The second kappa shape index (κ2) is 6.63. The lowest BCUT2D eigenvalue weighted by Gasteiger charge is -2.11. The molecule has 14 heavy (non-hydrogen) atoms. The topological polar surface area (TPSA) is 104 Å². The molecule has 0 aromatic heterocycles. The first kappa shape index (κ1) is 13.2. The Hall–Kier alpha value is -0.790. The molecule has 0 aliphatic heterocycles. The molecular formula is C7H12O6S. The number of thioether (sulfide) groups is 1. The quantitative estimate of drug-likeness (QED) is 0.408. The Kier molecular flexibility index (Phi) is 6.26. The van der Waals surface area contributed by atoms with E-state index in [2.05, 4.69) is 4.74 Å². The highest BCUT2D eigenvalue weighted by Gasteiger charge is 2.25. The molecule has 82 valence electrons. The summed E-state index contributed by atoms with van der Waals surface area (Å²) in [6.07, 6.45) is 0.602. The van der Waals surface area contributed by atoms with Crippen molar-refractivity contribution in [2.75, 3.05) is 6.61 Å². The molecule has 0 aliphatic rings. The molecule has 3 N–H and O–H groups in total. The van der Waals surface area contributed by atoms with Gasteiger partial charge in [0.15, 0.2) is 0 Å². The molecule has 0 heterocycles. The fourth-order valence-electron chi connectivity index (χ4n) is 0.510. The normalized spacial score (nSPS) is 14.5. The van der Waals surface area contributed by atoms with Crippen LogP contribution in [0, 0.1) is 0 Å². The first-order valence-electron chi connectivity index (χ1n) is 3.90. The average Bonchev–Trinajstić information content (AvgIpc) is 2.13. The predicted octanol–water partition coefficient (Wildman–Crippen LogP) is -0.606. The van der Waals surface area contributed by atoms with E-state index in [9.17, 15) is 9.59 Å². The highest BCUT2D eigenvalue weighted by atomic mass is 32.2. The van der Waals surface area contributed by atoms with Gasteiger partial charge in [0.25, 0.3) is 0 Å². The van der Waals surface area contributed by atoms with Crippen molar-refractivity contribution < 1.29 is 29.6 Å². The van der Waals surface area contributed by atoms with Gasteiger partial charge in [0.1, 0.15) is 0 Å². The lowest BCUT2D eigenvalue weighted by Crippen LogP contribution is -2.26. The van der Waals surface area contributed by atoms with Crippen LogP contribution < -0.4 is 0 Å². The van der Waals surface area contributed by atoms with Gasteiger partial charge in [0.05, 0.1) is 6.61 Å². The van der Waals surface area contributed by atoms with Crippen molar-refractivity contribution in [2.45, 2.75) is 24.2 Å². The zero-order valence-corrected chi connectivity index (χ0v) is 8.36. The number of carbonyl (C=O) groups is 2. The summed E-state index contributed by atoms with van der Waals surface area (Å²) >= 11 is 0.203. The predicted molar refractivity (Wildman–Crippen MR) is 48.5 cm³/mol. The van der Waals surface area contributed by atoms with Gasteiger partial charge in [-0.25, -0.2) is 9.59 Å². The van der Waals surface area contributed by atoms with E-state index >= 15 is 0 Å². The summed E-state index contributed by atoms with van der Waals surface area (Å²) in [7, 11) is 0. The minimum atomic E-state index is -1.83. The Bertz CT molecular complexity index is 206. The van der Waals surface area contributed by atoms with Crippen LogP contribution in [-0.4, -0.2) is 44.7 Å². The summed E-state index contributed by atoms with van der Waals surface area (Å²) < 4.78 is 4.52. The van der Waals surface area contributed by atoms with Gasteiger partial charge in [-0.1, -0.05) is 18.7 Å². The monoisotopic (exact) mass is 224 g/mol. The molecule has 0 bridgehead atoms. The first-order valence-corrected chi connectivity index (χ1v) is 4.84. The minimum absolute atomic E-state index is 0.152. The van der Waals surface area contributed by atoms with E-state index in [4.69, 9.17) is 15.3 Å². The SMILES string of the molecule is CCCOC(=O)C(O)SC(O)C(=O)O. The van der Waals surface area contributed by atoms with Gasteiger partial charge < -0.3 is 20.1 Å². The number of carbonyl (C=O) groups excluding carboxylic acids is 1. The fourth-order valence-corrected chi connectivity index (χ4v) is 1.05. The average molecular weight is 224 g/mol. The molecule has 7 heteroatoms. The maximum atomic E-state index is 10.9. The van der Waals surface area contributed by atoms with E-state index in [0.29, 0.717) is 6.42 Å². The van der Waals surface area contributed by atoms with E-state index in [1.807, 2.05) is 0 Å². The summed E-state index contributed by atoms with van der Waals surface area (Å²) in [5, 5.41) is 26.1. The Morgan fingerprint density at radius 2 is 1.93 bits per heavy atom. The van der Waals surface area contributed by atoms with E-state index in [1.165, 1.54) is 0 Å².